The van der Waals surface area contributed by atoms with Crippen LogP contribution in [0.3, 0.4) is 0 Å². The lowest BCUT2D eigenvalue weighted by atomic mass is 10.1. The highest BCUT2D eigenvalue weighted by Crippen LogP contribution is 2.27. The molecule has 2 nitrogen and oxygen atoms in total. The Bertz CT molecular complexity index is 487. The van der Waals surface area contributed by atoms with E-state index in [0.29, 0.717) is 4.47 Å². The van der Waals surface area contributed by atoms with Crippen molar-refractivity contribution < 1.29 is 4.39 Å². The van der Waals surface area contributed by atoms with Crippen LogP contribution in [0.1, 0.15) is 23.5 Å². The minimum atomic E-state index is -0.247. The van der Waals surface area contributed by atoms with Crippen LogP contribution in [0.5, 0.6) is 0 Å². The summed E-state index contributed by atoms with van der Waals surface area (Å²) in [7, 11) is 0. The number of hydrogen-bond acceptors (Lipinski definition) is 3. The molecule has 1 unspecified atom stereocenters. The van der Waals surface area contributed by atoms with E-state index in [1.54, 1.807) is 29.7 Å². The van der Waals surface area contributed by atoms with Crippen LogP contribution in [0.25, 0.3) is 0 Å². The first-order valence-corrected chi connectivity index (χ1v) is 6.97. The van der Waals surface area contributed by atoms with E-state index in [9.17, 15) is 4.39 Å². The number of nitrogens with one attached hydrogen (secondary N) is 1. The van der Waals surface area contributed by atoms with Crippen molar-refractivity contribution in [3.05, 3.63) is 50.6 Å². The van der Waals surface area contributed by atoms with Crippen LogP contribution in [0, 0.1) is 5.82 Å². The molecule has 0 amide bonds. The molecule has 0 aliphatic carbocycles. The first-order valence-electron chi connectivity index (χ1n) is 5.30. The van der Waals surface area contributed by atoms with Gasteiger partial charge in [0.05, 0.1) is 10.5 Å². The fourth-order valence-corrected chi connectivity index (χ4v) is 2.76. The van der Waals surface area contributed by atoms with Gasteiger partial charge in [-0.15, -0.1) is 11.3 Å². The van der Waals surface area contributed by atoms with E-state index < -0.39 is 0 Å². The molecular weight excluding hydrogens is 303 g/mol. The first kappa shape index (κ1) is 12.7. The van der Waals surface area contributed by atoms with Crippen molar-refractivity contribution in [2.24, 2.45) is 0 Å². The molecule has 1 atom stereocenters. The minimum absolute atomic E-state index is 0.0249. The lowest BCUT2D eigenvalue weighted by molar-refractivity contribution is 0.607. The van der Waals surface area contributed by atoms with Crippen LogP contribution in [-0.2, 0) is 0 Å². The molecule has 1 aromatic carbocycles. The Balaban J connectivity index is 2.35. The van der Waals surface area contributed by atoms with Crippen molar-refractivity contribution in [3.63, 3.8) is 0 Å². The third kappa shape index (κ3) is 2.91. The molecule has 2 aromatic rings. The van der Waals surface area contributed by atoms with E-state index in [1.807, 2.05) is 12.3 Å². The van der Waals surface area contributed by atoms with Crippen molar-refractivity contribution in [2.45, 2.75) is 13.0 Å². The van der Waals surface area contributed by atoms with E-state index >= 15 is 0 Å². The van der Waals surface area contributed by atoms with E-state index in [2.05, 4.69) is 26.2 Å². The second kappa shape index (κ2) is 5.71. The lowest BCUT2D eigenvalue weighted by Gasteiger charge is -2.16. The van der Waals surface area contributed by atoms with Gasteiger partial charge in [-0.2, -0.15) is 0 Å². The number of rotatable bonds is 4. The van der Waals surface area contributed by atoms with Crippen LogP contribution in [0.15, 0.2) is 34.2 Å². The zero-order valence-electron chi connectivity index (χ0n) is 9.28. The van der Waals surface area contributed by atoms with Gasteiger partial charge in [0, 0.05) is 11.6 Å². The second-order valence-electron chi connectivity index (χ2n) is 3.53. The van der Waals surface area contributed by atoms with Gasteiger partial charge in [0.15, 0.2) is 0 Å². The van der Waals surface area contributed by atoms with Crippen LogP contribution >= 0.6 is 27.3 Å². The van der Waals surface area contributed by atoms with E-state index in [1.165, 1.54) is 6.07 Å². The third-order valence-corrected chi connectivity index (χ3v) is 3.83. The van der Waals surface area contributed by atoms with Gasteiger partial charge in [0.2, 0.25) is 0 Å². The molecule has 90 valence electrons. The summed E-state index contributed by atoms with van der Waals surface area (Å²) in [6, 6.07) is 5.08. The Morgan fingerprint density at radius 2 is 2.35 bits per heavy atom. The van der Waals surface area contributed by atoms with Gasteiger partial charge >= 0.3 is 0 Å². The maximum Gasteiger partial charge on any atom is 0.137 e. The number of thiazole rings is 1. The van der Waals surface area contributed by atoms with Crippen LogP contribution in [-0.4, -0.2) is 11.5 Å². The third-order valence-electron chi connectivity index (χ3n) is 2.38. The van der Waals surface area contributed by atoms with Crippen molar-refractivity contribution in [1.82, 2.24) is 10.3 Å². The van der Waals surface area contributed by atoms with Gasteiger partial charge in [-0.05, 0) is 40.2 Å². The Morgan fingerprint density at radius 1 is 1.53 bits per heavy atom. The first-order chi connectivity index (χ1) is 8.22. The summed E-state index contributed by atoms with van der Waals surface area (Å²) in [5, 5.41) is 6.29. The standard InChI is InChI=1S/C12H12BrFN2S/c1-2-15-11(12-16-5-6-17-12)8-3-4-10(14)9(13)7-8/h3-7,11,15H,2H2,1H3. The monoisotopic (exact) mass is 314 g/mol. The SMILES string of the molecule is CCNC(c1ccc(F)c(Br)c1)c1nccs1. The van der Waals surface area contributed by atoms with Gasteiger partial charge in [-0.25, -0.2) is 9.37 Å². The van der Waals surface area contributed by atoms with E-state index in [-0.39, 0.29) is 11.9 Å². The molecule has 0 saturated carbocycles. The number of hydrogen-bond donors (Lipinski definition) is 1. The summed E-state index contributed by atoms with van der Waals surface area (Å²) in [6.07, 6.45) is 1.78. The van der Waals surface area contributed by atoms with E-state index in [4.69, 9.17) is 0 Å². The fraction of sp³-hybridized carbons (Fsp3) is 0.250. The number of aromatic nitrogens is 1. The Kier molecular flexibility index (Phi) is 4.25. The molecule has 0 bridgehead atoms. The van der Waals surface area contributed by atoms with E-state index in [0.717, 1.165) is 17.1 Å². The summed E-state index contributed by atoms with van der Waals surface area (Å²) < 4.78 is 13.7. The van der Waals surface area contributed by atoms with Crippen molar-refractivity contribution >= 4 is 27.3 Å². The molecule has 5 heteroatoms. The smallest absolute Gasteiger partial charge is 0.137 e. The molecule has 0 fully saturated rings. The highest BCUT2D eigenvalue weighted by Gasteiger charge is 2.16. The maximum absolute atomic E-state index is 13.2. The minimum Gasteiger partial charge on any atom is -0.305 e. The summed E-state index contributed by atoms with van der Waals surface area (Å²) in [5.74, 6) is -0.247. The summed E-state index contributed by atoms with van der Waals surface area (Å²) in [4.78, 5) is 4.31. The molecule has 1 N–H and O–H groups in total. The van der Waals surface area contributed by atoms with Crippen LogP contribution in [0.2, 0.25) is 0 Å². The predicted octanol–water partition coefficient (Wildman–Crippen LogP) is 3.74. The van der Waals surface area contributed by atoms with Gasteiger partial charge in [-0.3, -0.25) is 0 Å². The second-order valence-corrected chi connectivity index (χ2v) is 5.32. The predicted molar refractivity (Wildman–Crippen MR) is 71.7 cm³/mol. The molecule has 0 radical (unpaired) electrons. The lowest BCUT2D eigenvalue weighted by Crippen LogP contribution is -2.21. The van der Waals surface area contributed by atoms with Gasteiger partial charge in [0.1, 0.15) is 10.8 Å². The molecule has 17 heavy (non-hydrogen) atoms. The quantitative estimate of drug-likeness (QED) is 0.929. The Labute approximate surface area is 112 Å². The van der Waals surface area contributed by atoms with Gasteiger partial charge in [-0.1, -0.05) is 13.0 Å². The van der Waals surface area contributed by atoms with Crippen LogP contribution < -0.4 is 5.32 Å². The number of nitrogens with zero attached hydrogens (tertiary/aromatic N) is 1. The summed E-state index contributed by atoms with van der Waals surface area (Å²) >= 11 is 4.80. The highest BCUT2D eigenvalue weighted by atomic mass is 79.9. The fourth-order valence-electron chi connectivity index (χ4n) is 1.62. The highest BCUT2D eigenvalue weighted by molar-refractivity contribution is 9.10. The molecule has 0 spiro atoms. The van der Waals surface area contributed by atoms with Crippen molar-refractivity contribution in [2.75, 3.05) is 6.54 Å². The largest absolute Gasteiger partial charge is 0.305 e. The van der Waals surface area contributed by atoms with Crippen molar-refractivity contribution in [1.29, 1.82) is 0 Å². The van der Waals surface area contributed by atoms with Gasteiger partial charge in [0.25, 0.3) is 0 Å². The summed E-state index contributed by atoms with van der Waals surface area (Å²) in [5.41, 5.74) is 1.01. The Hall–Kier alpha value is -0.780. The molecule has 1 heterocycles. The van der Waals surface area contributed by atoms with Gasteiger partial charge < -0.3 is 5.32 Å². The zero-order valence-corrected chi connectivity index (χ0v) is 11.7. The Morgan fingerprint density at radius 3 is 2.94 bits per heavy atom. The van der Waals surface area contributed by atoms with Crippen LogP contribution in [0.4, 0.5) is 4.39 Å². The molecule has 1 aromatic heterocycles. The van der Waals surface area contributed by atoms with Crippen molar-refractivity contribution in [3.8, 4) is 0 Å². The topological polar surface area (TPSA) is 24.9 Å². The normalized spacial score (nSPS) is 12.6. The number of halogens is 2. The number of benzene rings is 1. The zero-order chi connectivity index (χ0) is 12.3. The molecule has 2 rings (SSSR count). The molecular formula is C12H12BrFN2S. The average molecular weight is 315 g/mol. The molecule has 0 saturated heterocycles. The average Bonchev–Trinajstić information content (AvgIpc) is 2.83. The molecule has 0 aliphatic heterocycles. The summed E-state index contributed by atoms with van der Waals surface area (Å²) in [6.45, 7) is 2.87. The molecule has 0 aliphatic rings. The maximum atomic E-state index is 13.2.